The maximum Gasteiger partial charge on any atom is 0.242 e. The number of rotatable bonds is 4. The van der Waals surface area contributed by atoms with E-state index in [0.29, 0.717) is 20.5 Å². The standard InChI is InChI=1S/C13H20BrNO3S2/c1-8-4-3-5-11(9(8)2)15-20(17,18)12-6-10(7-16)19-13(12)14/h6,8-9,11,15-16H,3-5,7H2,1-2H3. The summed E-state index contributed by atoms with van der Waals surface area (Å²) in [5, 5.41) is 9.11. The molecule has 0 amide bonds. The minimum absolute atomic E-state index is 0.00636. The molecule has 1 heterocycles. The van der Waals surface area contributed by atoms with E-state index < -0.39 is 10.0 Å². The highest BCUT2D eigenvalue weighted by molar-refractivity contribution is 9.11. The first-order valence-electron chi connectivity index (χ1n) is 6.76. The largest absolute Gasteiger partial charge is 0.391 e. The van der Waals surface area contributed by atoms with E-state index >= 15 is 0 Å². The maximum atomic E-state index is 12.5. The summed E-state index contributed by atoms with van der Waals surface area (Å²) in [6.45, 7) is 4.14. The molecule has 0 spiro atoms. The molecule has 7 heteroatoms. The van der Waals surface area contributed by atoms with Gasteiger partial charge in [-0.15, -0.1) is 11.3 Å². The molecule has 2 rings (SSSR count). The zero-order valence-corrected chi connectivity index (χ0v) is 14.8. The number of thiophene rings is 1. The van der Waals surface area contributed by atoms with Gasteiger partial charge in [-0.1, -0.05) is 26.7 Å². The van der Waals surface area contributed by atoms with Crippen LogP contribution in [0.1, 0.15) is 38.0 Å². The van der Waals surface area contributed by atoms with Crippen LogP contribution in [0.2, 0.25) is 0 Å². The van der Waals surface area contributed by atoms with Gasteiger partial charge in [-0.3, -0.25) is 0 Å². The summed E-state index contributed by atoms with van der Waals surface area (Å²) in [6.07, 6.45) is 3.11. The number of hydrogen-bond acceptors (Lipinski definition) is 4. The fourth-order valence-corrected chi connectivity index (χ4v) is 6.57. The summed E-state index contributed by atoms with van der Waals surface area (Å²) in [6, 6.07) is 1.53. The fourth-order valence-electron chi connectivity index (χ4n) is 2.67. The Morgan fingerprint density at radius 1 is 1.45 bits per heavy atom. The maximum absolute atomic E-state index is 12.5. The van der Waals surface area contributed by atoms with Crippen LogP contribution in [-0.2, 0) is 16.6 Å². The lowest BCUT2D eigenvalue weighted by atomic mass is 9.78. The SMILES string of the molecule is CC1CCCC(NS(=O)(=O)c2cc(CO)sc2Br)C1C. The van der Waals surface area contributed by atoms with Crippen molar-refractivity contribution in [3.05, 3.63) is 14.7 Å². The third-order valence-corrected chi connectivity index (χ3v) is 7.89. The predicted molar refractivity (Wildman–Crippen MR) is 84.2 cm³/mol. The summed E-state index contributed by atoms with van der Waals surface area (Å²) < 4.78 is 28.4. The van der Waals surface area contributed by atoms with Gasteiger partial charge in [-0.25, -0.2) is 13.1 Å². The Morgan fingerprint density at radius 2 is 2.15 bits per heavy atom. The van der Waals surface area contributed by atoms with Crippen molar-refractivity contribution in [3.8, 4) is 0 Å². The van der Waals surface area contributed by atoms with Crippen LogP contribution in [-0.4, -0.2) is 19.6 Å². The van der Waals surface area contributed by atoms with E-state index in [9.17, 15) is 8.42 Å². The number of nitrogens with one attached hydrogen (secondary N) is 1. The number of halogens is 1. The molecule has 1 aliphatic rings. The Labute approximate surface area is 132 Å². The molecule has 1 saturated carbocycles. The van der Waals surface area contributed by atoms with E-state index in [0.717, 1.165) is 19.3 Å². The molecule has 3 unspecified atom stereocenters. The average molecular weight is 382 g/mol. The molecule has 0 aliphatic heterocycles. The Morgan fingerprint density at radius 3 is 2.75 bits per heavy atom. The van der Waals surface area contributed by atoms with Crippen LogP contribution in [0.5, 0.6) is 0 Å². The molecular formula is C13H20BrNO3S2. The second-order valence-electron chi connectivity index (χ2n) is 5.50. The molecule has 1 aliphatic carbocycles. The van der Waals surface area contributed by atoms with Crippen LogP contribution >= 0.6 is 27.3 Å². The topological polar surface area (TPSA) is 66.4 Å². The highest BCUT2D eigenvalue weighted by Crippen LogP contribution is 2.34. The van der Waals surface area contributed by atoms with Crippen LogP contribution in [0.25, 0.3) is 0 Å². The van der Waals surface area contributed by atoms with Crippen molar-refractivity contribution >= 4 is 37.3 Å². The van der Waals surface area contributed by atoms with Crippen LogP contribution in [0.3, 0.4) is 0 Å². The summed E-state index contributed by atoms with van der Waals surface area (Å²) in [7, 11) is -3.53. The van der Waals surface area contributed by atoms with Gasteiger partial charge in [-0.05, 0) is 40.3 Å². The molecule has 2 N–H and O–H groups in total. The molecule has 3 atom stereocenters. The van der Waals surface area contributed by atoms with Crippen molar-refractivity contribution in [2.45, 2.75) is 50.7 Å². The monoisotopic (exact) mass is 381 g/mol. The van der Waals surface area contributed by atoms with Gasteiger partial charge in [-0.2, -0.15) is 0 Å². The van der Waals surface area contributed by atoms with E-state index in [1.54, 1.807) is 0 Å². The minimum atomic E-state index is -3.53. The Balaban J connectivity index is 2.20. The molecule has 0 bridgehead atoms. The van der Waals surface area contributed by atoms with E-state index in [1.165, 1.54) is 17.4 Å². The van der Waals surface area contributed by atoms with Crippen LogP contribution in [0.15, 0.2) is 14.7 Å². The number of aliphatic hydroxyl groups is 1. The van der Waals surface area contributed by atoms with Crippen LogP contribution in [0.4, 0.5) is 0 Å². The van der Waals surface area contributed by atoms with Gasteiger partial charge in [0.25, 0.3) is 0 Å². The van der Waals surface area contributed by atoms with Crippen molar-refractivity contribution < 1.29 is 13.5 Å². The van der Waals surface area contributed by atoms with Gasteiger partial charge in [0.2, 0.25) is 10.0 Å². The lowest BCUT2D eigenvalue weighted by Gasteiger charge is -2.34. The first-order chi connectivity index (χ1) is 9.35. The van der Waals surface area contributed by atoms with Crippen molar-refractivity contribution in [1.29, 1.82) is 0 Å². The van der Waals surface area contributed by atoms with E-state index in [2.05, 4.69) is 34.5 Å². The summed E-state index contributed by atoms with van der Waals surface area (Å²) in [5.41, 5.74) is 0. The van der Waals surface area contributed by atoms with E-state index in [4.69, 9.17) is 5.11 Å². The molecule has 4 nitrogen and oxygen atoms in total. The van der Waals surface area contributed by atoms with Gasteiger partial charge in [0.1, 0.15) is 4.90 Å². The zero-order chi connectivity index (χ0) is 14.9. The first-order valence-corrected chi connectivity index (χ1v) is 9.86. The van der Waals surface area contributed by atoms with Crippen molar-refractivity contribution in [1.82, 2.24) is 4.72 Å². The molecule has 114 valence electrons. The van der Waals surface area contributed by atoms with Crippen molar-refractivity contribution in [3.63, 3.8) is 0 Å². The third kappa shape index (κ3) is 3.44. The highest BCUT2D eigenvalue weighted by atomic mass is 79.9. The lowest BCUT2D eigenvalue weighted by molar-refractivity contribution is 0.227. The van der Waals surface area contributed by atoms with Gasteiger partial charge < -0.3 is 5.11 Å². The quantitative estimate of drug-likeness (QED) is 0.841. The van der Waals surface area contributed by atoms with Crippen LogP contribution < -0.4 is 4.72 Å². The smallest absolute Gasteiger partial charge is 0.242 e. The second-order valence-corrected chi connectivity index (χ2v) is 9.64. The predicted octanol–water partition coefficient (Wildman–Crippen LogP) is 3.11. The number of aliphatic hydroxyl groups excluding tert-OH is 1. The normalized spacial score (nSPS) is 27.7. The highest BCUT2D eigenvalue weighted by Gasteiger charge is 2.32. The molecule has 1 aromatic heterocycles. The van der Waals surface area contributed by atoms with Crippen molar-refractivity contribution in [2.24, 2.45) is 11.8 Å². The molecular weight excluding hydrogens is 362 g/mol. The molecule has 1 aromatic rings. The first kappa shape index (κ1) is 16.4. The van der Waals surface area contributed by atoms with Gasteiger partial charge in [0.05, 0.1) is 10.4 Å². The Hall–Kier alpha value is 0.0500. The lowest BCUT2D eigenvalue weighted by Crippen LogP contribution is -2.43. The second kappa shape index (κ2) is 6.44. The van der Waals surface area contributed by atoms with E-state index in [-0.39, 0.29) is 17.5 Å². The van der Waals surface area contributed by atoms with Gasteiger partial charge in [0, 0.05) is 10.9 Å². The van der Waals surface area contributed by atoms with Gasteiger partial charge >= 0.3 is 0 Å². The molecule has 0 radical (unpaired) electrons. The van der Waals surface area contributed by atoms with E-state index in [1.807, 2.05) is 0 Å². The Kier molecular flexibility index (Phi) is 5.29. The summed E-state index contributed by atoms with van der Waals surface area (Å²) in [4.78, 5) is 0.874. The molecule has 0 saturated heterocycles. The number of hydrogen-bond donors (Lipinski definition) is 2. The van der Waals surface area contributed by atoms with Crippen molar-refractivity contribution in [2.75, 3.05) is 0 Å². The number of sulfonamides is 1. The average Bonchev–Trinajstić information content (AvgIpc) is 2.77. The van der Waals surface area contributed by atoms with Gasteiger partial charge in [0.15, 0.2) is 0 Å². The molecule has 0 aromatic carbocycles. The summed E-state index contributed by atoms with van der Waals surface area (Å²) >= 11 is 4.53. The fraction of sp³-hybridized carbons (Fsp3) is 0.692. The minimum Gasteiger partial charge on any atom is -0.391 e. The zero-order valence-electron chi connectivity index (χ0n) is 11.6. The third-order valence-electron chi connectivity index (χ3n) is 4.17. The Bertz CT molecular complexity index is 570. The molecule has 1 fully saturated rings. The summed E-state index contributed by atoms with van der Waals surface area (Å²) in [5.74, 6) is 0.878. The van der Waals surface area contributed by atoms with Crippen LogP contribution in [0, 0.1) is 11.8 Å². The molecule has 20 heavy (non-hydrogen) atoms.